The predicted octanol–water partition coefficient (Wildman–Crippen LogP) is 2.55. The lowest BCUT2D eigenvalue weighted by atomic mass is 10.1. The van der Waals surface area contributed by atoms with Crippen LogP contribution in [0.5, 0.6) is 0 Å². The summed E-state index contributed by atoms with van der Waals surface area (Å²) in [4.78, 5) is 17.1. The topological polar surface area (TPSA) is 53.4 Å². The highest BCUT2D eigenvalue weighted by molar-refractivity contribution is 5.88. The lowest BCUT2D eigenvalue weighted by Crippen LogP contribution is -2.18. The van der Waals surface area contributed by atoms with Gasteiger partial charge in [0.05, 0.1) is 11.3 Å². The van der Waals surface area contributed by atoms with Crippen LogP contribution in [0.25, 0.3) is 0 Å². The number of nitrogens with zero attached hydrogens (tertiary/aromatic N) is 2. The van der Waals surface area contributed by atoms with Gasteiger partial charge in [0.2, 0.25) is 0 Å². The van der Waals surface area contributed by atoms with Crippen LogP contribution in [0.3, 0.4) is 0 Å². The summed E-state index contributed by atoms with van der Waals surface area (Å²) in [7, 11) is 1.90. The van der Waals surface area contributed by atoms with Gasteiger partial charge in [-0.1, -0.05) is 12.1 Å². The Morgan fingerprint density at radius 3 is 2.75 bits per heavy atom. The summed E-state index contributed by atoms with van der Waals surface area (Å²) in [5.74, 6) is -1.97. The molecule has 1 heterocycles. The second-order valence-electron chi connectivity index (χ2n) is 4.61. The summed E-state index contributed by atoms with van der Waals surface area (Å²) in [5, 5.41) is 8.90. The van der Waals surface area contributed by atoms with Gasteiger partial charge in [0, 0.05) is 19.3 Å². The van der Waals surface area contributed by atoms with Gasteiger partial charge in [-0.05, 0) is 36.9 Å². The zero-order chi connectivity index (χ0) is 14.5. The van der Waals surface area contributed by atoms with Gasteiger partial charge in [-0.25, -0.2) is 9.18 Å². The van der Waals surface area contributed by atoms with Crippen LogP contribution in [-0.4, -0.2) is 28.0 Å². The summed E-state index contributed by atoms with van der Waals surface area (Å²) in [5.41, 5.74) is 1.38. The van der Waals surface area contributed by atoms with Crippen molar-refractivity contribution in [2.24, 2.45) is 0 Å². The van der Waals surface area contributed by atoms with Gasteiger partial charge >= 0.3 is 5.97 Å². The van der Waals surface area contributed by atoms with E-state index < -0.39 is 11.8 Å². The second-order valence-corrected chi connectivity index (χ2v) is 4.61. The van der Waals surface area contributed by atoms with E-state index in [1.54, 1.807) is 12.3 Å². The first-order valence-corrected chi connectivity index (χ1v) is 6.16. The number of carbonyl (C=O) groups is 1. The minimum Gasteiger partial charge on any atom is -0.478 e. The number of rotatable bonds is 5. The summed E-state index contributed by atoms with van der Waals surface area (Å²) >= 11 is 0. The molecule has 5 heteroatoms. The van der Waals surface area contributed by atoms with E-state index in [1.807, 2.05) is 30.1 Å². The van der Waals surface area contributed by atoms with Crippen LogP contribution in [0, 0.1) is 5.82 Å². The van der Waals surface area contributed by atoms with Gasteiger partial charge in [0.25, 0.3) is 0 Å². The maximum absolute atomic E-state index is 13.3. The molecule has 2 aromatic rings. The Morgan fingerprint density at radius 1 is 1.30 bits per heavy atom. The standard InChI is InChI=1S/C15H15FN2O2/c1-18(10-12-4-2-3-7-17-12)9-11-5-6-14(16)13(8-11)15(19)20/h2-8H,9-10H2,1H3,(H,19,20). The molecular weight excluding hydrogens is 259 g/mol. The average molecular weight is 274 g/mol. The third kappa shape index (κ3) is 3.61. The Kier molecular flexibility index (Phi) is 4.42. The molecule has 0 radical (unpaired) electrons. The molecule has 1 N–H and O–H groups in total. The van der Waals surface area contributed by atoms with Crippen LogP contribution in [0.4, 0.5) is 4.39 Å². The molecule has 104 valence electrons. The highest BCUT2D eigenvalue weighted by Crippen LogP contribution is 2.13. The van der Waals surface area contributed by atoms with Crippen molar-refractivity contribution < 1.29 is 14.3 Å². The number of pyridine rings is 1. The SMILES string of the molecule is CN(Cc1ccc(F)c(C(=O)O)c1)Cc1ccccn1. The van der Waals surface area contributed by atoms with Crippen molar-refractivity contribution in [1.82, 2.24) is 9.88 Å². The van der Waals surface area contributed by atoms with E-state index >= 15 is 0 Å². The number of hydrogen-bond acceptors (Lipinski definition) is 3. The largest absolute Gasteiger partial charge is 0.478 e. The van der Waals surface area contributed by atoms with E-state index in [2.05, 4.69) is 4.98 Å². The van der Waals surface area contributed by atoms with Crippen LogP contribution < -0.4 is 0 Å². The molecule has 0 aliphatic rings. The Balaban J connectivity index is 2.06. The zero-order valence-electron chi connectivity index (χ0n) is 11.1. The molecule has 0 fully saturated rings. The molecule has 1 aromatic carbocycles. The van der Waals surface area contributed by atoms with Crippen molar-refractivity contribution in [2.45, 2.75) is 13.1 Å². The lowest BCUT2D eigenvalue weighted by Gasteiger charge is -2.16. The fourth-order valence-electron chi connectivity index (χ4n) is 1.97. The Morgan fingerprint density at radius 2 is 2.10 bits per heavy atom. The van der Waals surface area contributed by atoms with Crippen molar-refractivity contribution in [1.29, 1.82) is 0 Å². The number of carboxylic acids is 1. The van der Waals surface area contributed by atoms with Crippen molar-refractivity contribution >= 4 is 5.97 Å². The molecule has 0 atom stereocenters. The first kappa shape index (κ1) is 14.1. The molecule has 0 aliphatic carbocycles. The minimum absolute atomic E-state index is 0.297. The number of hydrogen-bond donors (Lipinski definition) is 1. The first-order chi connectivity index (χ1) is 9.56. The fourth-order valence-corrected chi connectivity index (χ4v) is 1.97. The maximum atomic E-state index is 13.3. The van der Waals surface area contributed by atoms with E-state index in [1.165, 1.54) is 12.1 Å². The van der Waals surface area contributed by atoms with Gasteiger partial charge in [-0.3, -0.25) is 9.88 Å². The monoisotopic (exact) mass is 274 g/mol. The number of aromatic nitrogens is 1. The molecule has 2 rings (SSSR count). The third-order valence-electron chi connectivity index (χ3n) is 2.87. The second kappa shape index (κ2) is 6.25. The zero-order valence-corrected chi connectivity index (χ0v) is 11.1. The number of halogens is 1. The first-order valence-electron chi connectivity index (χ1n) is 6.16. The van der Waals surface area contributed by atoms with Crippen LogP contribution in [-0.2, 0) is 13.1 Å². The molecule has 0 amide bonds. The van der Waals surface area contributed by atoms with Gasteiger partial charge in [-0.2, -0.15) is 0 Å². The molecule has 0 unspecified atom stereocenters. The van der Waals surface area contributed by atoms with Gasteiger partial charge in [-0.15, -0.1) is 0 Å². The summed E-state index contributed by atoms with van der Waals surface area (Å²) in [6.07, 6.45) is 1.73. The quantitative estimate of drug-likeness (QED) is 0.910. The van der Waals surface area contributed by atoms with Gasteiger partial charge in [0.15, 0.2) is 0 Å². The van der Waals surface area contributed by atoms with Crippen LogP contribution in [0.15, 0.2) is 42.6 Å². The predicted molar refractivity (Wildman–Crippen MR) is 72.8 cm³/mol. The van der Waals surface area contributed by atoms with Gasteiger partial charge in [0.1, 0.15) is 5.82 Å². The maximum Gasteiger partial charge on any atom is 0.338 e. The van der Waals surface area contributed by atoms with Crippen molar-refractivity contribution in [2.75, 3.05) is 7.05 Å². The highest BCUT2D eigenvalue weighted by atomic mass is 19.1. The average Bonchev–Trinajstić information content (AvgIpc) is 2.41. The molecule has 0 saturated heterocycles. The third-order valence-corrected chi connectivity index (χ3v) is 2.87. The van der Waals surface area contributed by atoms with E-state index in [0.29, 0.717) is 13.1 Å². The number of carboxylic acid groups (broad SMARTS) is 1. The van der Waals surface area contributed by atoms with Crippen molar-refractivity contribution in [3.8, 4) is 0 Å². The summed E-state index contributed by atoms with van der Waals surface area (Å²) < 4.78 is 13.3. The molecule has 1 aromatic heterocycles. The van der Waals surface area contributed by atoms with E-state index in [0.717, 1.165) is 11.3 Å². The Labute approximate surface area is 116 Å². The molecule has 0 aliphatic heterocycles. The summed E-state index contributed by atoms with van der Waals surface area (Å²) in [6, 6.07) is 9.83. The molecule has 0 spiro atoms. The van der Waals surface area contributed by atoms with Crippen molar-refractivity contribution in [3.05, 3.63) is 65.2 Å². The summed E-state index contributed by atoms with van der Waals surface area (Å²) in [6.45, 7) is 1.16. The molecular formula is C15H15FN2O2. The van der Waals surface area contributed by atoms with Gasteiger partial charge < -0.3 is 5.11 Å². The van der Waals surface area contributed by atoms with Crippen LogP contribution >= 0.6 is 0 Å². The normalized spacial score (nSPS) is 10.8. The molecule has 20 heavy (non-hydrogen) atoms. The van der Waals surface area contributed by atoms with E-state index in [4.69, 9.17) is 5.11 Å². The highest BCUT2D eigenvalue weighted by Gasteiger charge is 2.11. The Bertz CT molecular complexity index is 602. The minimum atomic E-state index is -1.25. The molecule has 4 nitrogen and oxygen atoms in total. The number of aromatic carboxylic acids is 1. The molecule has 0 bridgehead atoms. The van der Waals surface area contributed by atoms with E-state index in [9.17, 15) is 9.18 Å². The smallest absolute Gasteiger partial charge is 0.338 e. The number of benzene rings is 1. The molecule has 0 saturated carbocycles. The van der Waals surface area contributed by atoms with Crippen LogP contribution in [0.2, 0.25) is 0 Å². The Hall–Kier alpha value is -2.27. The van der Waals surface area contributed by atoms with Crippen LogP contribution in [0.1, 0.15) is 21.6 Å². The van der Waals surface area contributed by atoms with Crippen molar-refractivity contribution in [3.63, 3.8) is 0 Å². The van der Waals surface area contributed by atoms with E-state index in [-0.39, 0.29) is 5.56 Å². The fraction of sp³-hybridized carbons (Fsp3) is 0.200. The lowest BCUT2D eigenvalue weighted by molar-refractivity contribution is 0.0691.